The number of azide groups is 1. The number of amides is 2. The first-order valence-corrected chi connectivity index (χ1v) is 23.2. The molecule has 69 heavy (non-hydrogen) atoms. The number of cyclic esters (lactones) is 1. The highest BCUT2D eigenvalue weighted by atomic mass is 16.6. The van der Waals surface area contributed by atoms with Crippen LogP contribution in [0, 0.1) is 35.5 Å². The van der Waals surface area contributed by atoms with Crippen molar-refractivity contribution in [3.05, 3.63) is 59.2 Å². The Balaban J connectivity index is 1.64. The molecular formula is C48H70N8O13. The Bertz CT molecular complexity index is 2200. The van der Waals surface area contributed by atoms with Crippen LogP contribution in [0.2, 0.25) is 0 Å². The normalized spacial score (nSPS) is 25.2. The second-order valence-corrected chi connectivity index (χ2v) is 18.1. The summed E-state index contributed by atoms with van der Waals surface area (Å²) >= 11 is 0. The van der Waals surface area contributed by atoms with Crippen LogP contribution in [0.1, 0.15) is 104 Å². The molecule has 0 saturated carbocycles. The fourth-order valence-corrected chi connectivity index (χ4v) is 8.91. The van der Waals surface area contributed by atoms with E-state index in [9.17, 15) is 24.7 Å². The third kappa shape index (κ3) is 16.1. The van der Waals surface area contributed by atoms with Crippen molar-refractivity contribution in [3.8, 4) is 23.2 Å². The monoisotopic (exact) mass is 967 g/mol. The predicted octanol–water partition coefficient (Wildman–Crippen LogP) is 8.52. The maximum Gasteiger partial charge on any atom is 0.404 e. The molecule has 2 amide bonds. The number of carbonyl (C=O) groups excluding carboxylic acids is 4. The summed E-state index contributed by atoms with van der Waals surface area (Å²) in [5.41, 5.74) is 16.2. The van der Waals surface area contributed by atoms with Crippen LogP contribution >= 0.6 is 0 Å². The van der Waals surface area contributed by atoms with Crippen molar-refractivity contribution in [1.82, 2.24) is 19.9 Å². The van der Waals surface area contributed by atoms with E-state index in [0.29, 0.717) is 42.8 Å². The van der Waals surface area contributed by atoms with Gasteiger partial charge in [0.15, 0.2) is 11.4 Å². The Morgan fingerprint density at radius 3 is 2.32 bits per heavy atom. The van der Waals surface area contributed by atoms with Crippen LogP contribution in [-0.2, 0) is 42.8 Å². The minimum Gasteiger partial charge on any atom is -0.462 e. The molecule has 0 fully saturated rings. The first-order chi connectivity index (χ1) is 33.0. The number of ketones is 1. The average molecular weight is 967 g/mol. The summed E-state index contributed by atoms with van der Waals surface area (Å²) in [6.07, 6.45) is 8.53. The van der Waals surface area contributed by atoms with Crippen LogP contribution in [0.15, 0.2) is 55.5 Å². The van der Waals surface area contributed by atoms with Crippen molar-refractivity contribution >= 4 is 30.3 Å². The lowest BCUT2D eigenvalue weighted by Crippen LogP contribution is -2.39. The van der Waals surface area contributed by atoms with Crippen molar-refractivity contribution < 1.29 is 60.9 Å². The van der Waals surface area contributed by atoms with Crippen molar-refractivity contribution in [2.75, 3.05) is 35.5 Å². The van der Waals surface area contributed by atoms with Crippen molar-refractivity contribution in [2.45, 2.75) is 129 Å². The van der Waals surface area contributed by atoms with E-state index >= 15 is 0 Å². The van der Waals surface area contributed by atoms with Crippen LogP contribution in [0.4, 0.5) is 4.79 Å². The number of rotatable bonds is 18. The zero-order valence-corrected chi connectivity index (χ0v) is 41.6. The molecule has 6 bridgehead atoms. The van der Waals surface area contributed by atoms with E-state index in [0.717, 1.165) is 0 Å². The number of nitrogens with zero attached hydrogens (tertiary/aromatic N) is 7. The van der Waals surface area contributed by atoms with E-state index in [1.54, 1.807) is 40.7 Å². The lowest BCUT2D eigenvalue weighted by molar-refractivity contribution is -0.160. The smallest absolute Gasteiger partial charge is 0.404 e. The molecule has 21 nitrogen and oxygen atoms in total. The van der Waals surface area contributed by atoms with Crippen LogP contribution < -0.4 is 5.73 Å². The van der Waals surface area contributed by atoms with E-state index in [1.807, 2.05) is 53.7 Å². The number of aromatic nitrogens is 3. The van der Waals surface area contributed by atoms with Gasteiger partial charge in [-0.1, -0.05) is 58.8 Å². The Morgan fingerprint density at radius 1 is 0.971 bits per heavy atom. The maximum absolute atomic E-state index is 14.1. The first kappa shape index (κ1) is 55.7. The van der Waals surface area contributed by atoms with Gasteiger partial charge in [-0.15, -0.1) is 0 Å². The number of esters is 1. The molecule has 2 N–H and O–H groups in total. The van der Waals surface area contributed by atoms with Crippen molar-refractivity contribution in [3.63, 3.8) is 0 Å². The van der Waals surface area contributed by atoms with Gasteiger partial charge >= 0.3 is 12.1 Å². The molecule has 4 rings (SSSR count). The van der Waals surface area contributed by atoms with Gasteiger partial charge in [0.2, 0.25) is 24.1 Å². The van der Waals surface area contributed by atoms with Gasteiger partial charge in [-0.05, 0) is 55.0 Å². The number of ether oxygens (including phenoxy) is 6. The SMILES string of the molecule is CO[C@H]([C@H](C)/C=C/N(C)C=O)[C@@H](C)C(=O)CC[C@H](C)[C@@H](C[C@@H]1OC(=O)CC(OC(N)=O)C[C@H](C)CC(N=[N+]=[N-])[C@H](C)[C@@H](OC)c2coc(n2)-c2coc(n2)-c2coc(n2)C=CC[C@H](OC)[C@H]1C)OC. The molecule has 0 saturated heterocycles. The second-order valence-electron chi connectivity index (χ2n) is 18.1. The van der Waals surface area contributed by atoms with Gasteiger partial charge in [0.1, 0.15) is 48.6 Å². The molecule has 21 heteroatoms. The minimum atomic E-state index is -1.07. The summed E-state index contributed by atoms with van der Waals surface area (Å²) in [7, 11) is 7.84. The van der Waals surface area contributed by atoms with Crippen LogP contribution in [0.5, 0.6) is 0 Å². The number of nitrogens with two attached hydrogens (primary N) is 1. The summed E-state index contributed by atoms with van der Waals surface area (Å²) in [6.45, 7) is 11.4. The lowest BCUT2D eigenvalue weighted by atomic mass is 9.84. The summed E-state index contributed by atoms with van der Waals surface area (Å²) in [6, 6.07) is -0.634. The third-order valence-electron chi connectivity index (χ3n) is 13.0. The second kappa shape index (κ2) is 27.4. The summed E-state index contributed by atoms with van der Waals surface area (Å²) in [5.74, 6) is -1.90. The summed E-state index contributed by atoms with van der Waals surface area (Å²) < 4.78 is 52.7. The fourth-order valence-electron chi connectivity index (χ4n) is 8.91. The quantitative estimate of drug-likeness (QED) is 0.0411. The van der Waals surface area contributed by atoms with Gasteiger partial charge in [-0.3, -0.25) is 14.4 Å². The highest BCUT2D eigenvalue weighted by Crippen LogP contribution is 2.35. The number of oxazole rings is 3. The van der Waals surface area contributed by atoms with Gasteiger partial charge in [0, 0.05) is 83.2 Å². The molecule has 0 aromatic carbocycles. The van der Waals surface area contributed by atoms with Crippen LogP contribution in [-0.4, -0.2) is 116 Å². The van der Waals surface area contributed by atoms with Gasteiger partial charge in [0.25, 0.3) is 0 Å². The standard InChI is InChI=1S/C48H70N8O13/c1-27-19-33(68-48(49)60)21-43(59)69-41(22-40(62-9)28(2)15-16-38(58)31(5)44(63-10)29(3)17-18-56(7)26-57)32(6)39(61-8)13-12-14-42-51-36(24-65-42)46-53-37(25-67-46)47-52-35(23-66-47)45(64-11)30(4)34(20-27)54-55-50/h12,14,17-18,23-34,39-41,44-45H,13,15-16,19-22H2,1-11H3,(H2,49,60)/b14-12?,18-17+/t27-,28-,29+,30-,31-,32+,33?,34?,39-,40+,41-,44+,45+/m0/s1. The molecule has 3 aromatic heterocycles. The molecule has 380 valence electrons. The van der Waals surface area contributed by atoms with E-state index in [-0.39, 0.29) is 66.9 Å². The molecule has 1 aliphatic heterocycles. The minimum absolute atomic E-state index is 0.0131. The Hall–Kier alpha value is -5.86. The molecule has 0 aliphatic carbocycles. The lowest BCUT2D eigenvalue weighted by Gasteiger charge is -2.34. The molecule has 1 aliphatic rings. The zero-order valence-electron chi connectivity index (χ0n) is 41.6. The highest BCUT2D eigenvalue weighted by Gasteiger charge is 2.36. The Morgan fingerprint density at radius 2 is 1.67 bits per heavy atom. The van der Waals surface area contributed by atoms with Gasteiger partial charge in [0.05, 0.1) is 24.7 Å². The molecule has 2 unspecified atom stereocenters. The molecule has 4 heterocycles. The van der Waals surface area contributed by atoms with E-state index in [1.165, 1.54) is 30.8 Å². The van der Waals surface area contributed by atoms with Crippen LogP contribution in [0.3, 0.4) is 0 Å². The third-order valence-corrected chi connectivity index (χ3v) is 13.0. The number of carbonyl (C=O) groups is 4. The first-order valence-electron chi connectivity index (χ1n) is 23.2. The Labute approximate surface area is 403 Å². The van der Waals surface area contributed by atoms with E-state index in [4.69, 9.17) is 47.4 Å². The molecule has 0 spiro atoms. The molecule has 3 aromatic rings. The summed E-state index contributed by atoms with van der Waals surface area (Å²) in [5, 5.41) is 4.11. The van der Waals surface area contributed by atoms with E-state index in [2.05, 4.69) is 25.0 Å². The molecule has 13 atom stereocenters. The fraction of sp³-hybridized carbons (Fsp3) is 0.646. The predicted molar refractivity (Wildman–Crippen MR) is 251 cm³/mol. The number of hydrogen-bond donors (Lipinski definition) is 1. The number of methoxy groups -OCH3 is 4. The topological polar surface area (TPSA) is 280 Å². The maximum atomic E-state index is 14.1. The molecule has 0 radical (unpaired) electrons. The largest absolute Gasteiger partial charge is 0.462 e. The molecular weight excluding hydrogens is 897 g/mol. The van der Waals surface area contributed by atoms with Gasteiger partial charge < -0.3 is 52.3 Å². The summed E-state index contributed by atoms with van der Waals surface area (Å²) in [4.78, 5) is 69.1. The number of fused-ring (bicyclic) bond motifs is 8. The highest BCUT2D eigenvalue weighted by molar-refractivity contribution is 5.81. The van der Waals surface area contributed by atoms with Crippen molar-refractivity contribution in [2.24, 2.45) is 46.4 Å². The van der Waals surface area contributed by atoms with Crippen molar-refractivity contribution in [1.29, 1.82) is 0 Å². The van der Waals surface area contributed by atoms with Gasteiger partial charge in [-0.25, -0.2) is 19.7 Å². The number of primary amides is 1. The average Bonchev–Trinajstić information content (AvgIpc) is 4.12. The van der Waals surface area contributed by atoms with E-state index < -0.39 is 72.5 Å². The zero-order chi connectivity index (χ0) is 50.8. The van der Waals surface area contributed by atoms with Crippen LogP contribution in [0.25, 0.3) is 39.7 Å². The van der Waals surface area contributed by atoms with Gasteiger partial charge in [-0.2, -0.15) is 0 Å². The number of hydrogen-bond acceptors (Lipinski definition) is 17. The Kier molecular flexibility index (Phi) is 22.1. The number of Topliss-reactive ketones (excluding diaryl/α,β-unsaturated/α-hetero) is 1.